The van der Waals surface area contributed by atoms with Crippen molar-refractivity contribution in [2.45, 2.75) is 64.5 Å². The fraction of sp³-hybridized carbons (Fsp3) is 0.516. The van der Waals surface area contributed by atoms with Gasteiger partial charge in [-0.15, -0.1) is 0 Å². The Morgan fingerprint density at radius 2 is 1.90 bits per heavy atom. The molecule has 2 aromatic carbocycles. The van der Waals surface area contributed by atoms with Gasteiger partial charge in [-0.1, -0.05) is 31.9 Å². The maximum atomic E-state index is 13.6. The second-order valence-electron chi connectivity index (χ2n) is 11.3. The number of ether oxygens (including phenoxy) is 1. The highest BCUT2D eigenvalue weighted by Gasteiger charge is 2.32. The molecular weight excluding hydrogens is 490 g/mol. The Kier molecular flexibility index (Phi) is 8.50. The zero-order valence-electron chi connectivity index (χ0n) is 23.3. The molecule has 208 valence electrons. The Morgan fingerprint density at radius 1 is 1.13 bits per heavy atom. The van der Waals surface area contributed by atoms with Gasteiger partial charge in [-0.3, -0.25) is 14.3 Å². The van der Waals surface area contributed by atoms with Gasteiger partial charge in [-0.25, -0.2) is 0 Å². The van der Waals surface area contributed by atoms with Crippen LogP contribution >= 0.6 is 0 Å². The minimum absolute atomic E-state index is 0.0165. The average molecular weight is 532 g/mol. The number of aromatic nitrogens is 2. The molecule has 3 atom stereocenters. The topological polar surface area (TPSA) is 97.3 Å². The first-order chi connectivity index (χ1) is 18.9. The van der Waals surface area contributed by atoms with Crippen molar-refractivity contribution in [2.24, 2.45) is 11.8 Å². The number of nitrogens with zero attached hydrogens (tertiary/aromatic N) is 2. The number of carbonyl (C=O) groups is 2. The summed E-state index contributed by atoms with van der Waals surface area (Å²) in [5.74, 6) is 0.660. The van der Waals surface area contributed by atoms with Crippen molar-refractivity contribution in [1.29, 1.82) is 0 Å². The molecule has 2 heterocycles. The standard InChI is InChI=1S/C31H41N5O3/c1-20-15-21(2)35-31(38)27(20)18-33-30(37)26-16-23(22-9-11-25(12-10-22)39-14-6-13-32-3)17-29-28(26)19-34-36(29)24-7-4-5-8-24/h9-12,16-17,19-21,24,27,32H,4-8,13-15,18H2,1-3H3,(H,33,37)(H,35,38). The first-order valence-electron chi connectivity index (χ1n) is 14.4. The van der Waals surface area contributed by atoms with Crippen LogP contribution in [0.2, 0.25) is 0 Å². The van der Waals surface area contributed by atoms with Gasteiger partial charge in [0.2, 0.25) is 5.91 Å². The molecule has 0 bridgehead atoms. The van der Waals surface area contributed by atoms with E-state index in [-0.39, 0.29) is 29.7 Å². The third-order valence-corrected chi connectivity index (χ3v) is 8.28. The van der Waals surface area contributed by atoms with Gasteiger partial charge in [0, 0.05) is 18.0 Å². The number of rotatable bonds is 10. The maximum Gasteiger partial charge on any atom is 0.252 e. The fourth-order valence-electron chi connectivity index (χ4n) is 6.10. The number of carbonyl (C=O) groups excluding carboxylic acids is 2. The van der Waals surface area contributed by atoms with Crippen LogP contribution in [0.5, 0.6) is 5.75 Å². The van der Waals surface area contributed by atoms with Gasteiger partial charge in [0.15, 0.2) is 0 Å². The van der Waals surface area contributed by atoms with Gasteiger partial charge in [0.05, 0.1) is 35.8 Å². The Labute approximate surface area is 230 Å². The van der Waals surface area contributed by atoms with Crippen molar-refractivity contribution < 1.29 is 14.3 Å². The summed E-state index contributed by atoms with van der Waals surface area (Å²) in [5, 5.41) is 14.8. The first-order valence-corrected chi connectivity index (χ1v) is 14.4. The van der Waals surface area contributed by atoms with Crippen molar-refractivity contribution in [2.75, 3.05) is 26.7 Å². The average Bonchev–Trinajstić information content (AvgIpc) is 3.60. The van der Waals surface area contributed by atoms with Gasteiger partial charge in [-0.05, 0) is 87.5 Å². The maximum absolute atomic E-state index is 13.6. The molecule has 3 aromatic rings. The van der Waals surface area contributed by atoms with Crippen LogP contribution in [0.3, 0.4) is 0 Å². The molecule has 2 aliphatic rings. The Morgan fingerprint density at radius 3 is 2.62 bits per heavy atom. The lowest BCUT2D eigenvalue weighted by Crippen LogP contribution is -2.50. The van der Waals surface area contributed by atoms with Gasteiger partial charge in [-0.2, -0.15) is 5.10 Å². The van der Waals surface area contributed by atoms with Crippen molar-refractivity contribution in [3.8, 4) is 16.9 Å². The van der Waals surface area contributed by atoms with Crippen LogP contribution in [0.25, 0.3) is 22.0 Å². The molecular formula is C31H41N5O3. The monoisotopic (exact) mass is 531 g/mol. The van der Waals surface area contributed by atoms with E-state index in [1.54, 1.807) is 0 Å². The Balaban J connectivity index is 1.42. The molecule has 39 heavy (non-hydrogen) atoms. The number of fused-ring (bicyclic) bond motifs is 1. The summed E-state index contributed by atoms with van der Waals surface area (Å²) in [6.07, 6.45) is 8.30. The molecule has 1 aliphatic carbocycles. The zero-order valence-corrected chi connectivity index (χ0v) is 23.3. The fourth-order valence-corrected chi connectivity index (χ4v) is 6.10. The molecule has 1 aromatic heterocycles. The van der Waals surface area contributed by atoms with E-state index < -0.39 is 0 Å². The van der Waals surface area contributed by atoms with Crippen molar-refractivity contribution in [3.05, 3.63) is 48.2 Å². The molecule has 3 unspecified atom stereocenters. The van der Waals surface area contributed by atoms with Crippen molar-refractivity contribution in [3.63, 3.8) is 0 Å². The van der Waals surface area contributed by atoms with Crippen LogP contribution in [0.1, 0.15) is 68.8 Å². The van der Waals surface area contributed by atoms with Crippen LogP contribution in [0, 0.1) is 11.8 Å². The molecule has 0 spiro atoms. The molecule has 1 aliphatic heterocycles. The van der Waals surface area contributed by atoms with E-state index in [2.05, 4.69) is 33.6 Å². The molecule has 2 amide bonds. The van der Waals surface area contributed by atoms with Crippen LogP contribution in [-0.2, 0) is 4.79 Å². The minimum atomic E-state index is -0.231. The quantitative estimate of drug-likeness (QED) is 0.330. The van der Waals surface area contributed by atoms with Crippen LogP contribution in [0.15, 0.2) is 42.6 Å². The van der Waals surface area contributed by atoms with E-state index in [4.69, 9.17) is 9.84 Å². The lowest BCUT2D eigenvalue weighted by molar-refractivity contribution is -0.129. The van der Waals surface area contributed by atoms with Crippen molar-refractivity contribution in [1.82, 2.24) is 25.7 Å². The van der Waals surface area contributed by atoms with Crippen LogP contribution in [0.4, 0.5) is 0 Å². The van der Waals surface area contributed by atoms with Gasteiger partial charge >= 0.3 is 0 Å². The van der Waals surface area contributed by atoms with Gasteiger partial charge < -0.3 is 20.7 Å². The highest BCUT2D eigenvalue weighted by molar-refractivity contribution is 6.08. The summed E-state index contributed by atoms with van der Waals surface area (Å²) in [6, 6.07) is 12.7. The summed E-state index contributed by atoms with van der Waals surface area (Å²) < 4.78 is 7.98. The number of piperidine rings is 1. The summed E-state index contributed by atoms with van der Waals surface area (Å²) in [4.78, 5) is 26.2. The Bertz CT molecular complexity index is 1300. The molecule has 3 N–H and O–H groups in total. The van der Waals surface area contributed by atoms with Gasteiger partial charge in [0.25, 0.3) is 5.91 Å². The van der Waals surface area contributed by atoms with E-state index in [9.17, 15) is 9.59 Å². The van der Waals surface area contributed by atoms with Crippen molar-refractivity contribution >= 4 is 22.7 Å². The highest BCUT2D eigenvalue weighted by Crippen LogP contribution is 2.35. The summed E-state index contributed by atoms with van der Waals surface area (Å²) in [7, 11) is 1.94. The van der Waals surface area contributed by atoms with E-state index in [0.717, 1.165) is 60.0 Å². The first kappa shape index (κ1) is 27.2. The minimum Gasteiger partial charge on any atom is -0.494 e. The lowest BCUT2D eigenvalue weighted by Gasteiger charge is -2.32. The van der Waals surface area contributed by atoms with E-state index >= 15 is 0 Å². The highest BCUT2D eigenvalue weighted by atomic mass is 16.5. The molecule has 8 heteroatoms. The zero-order chi connectivity index (χ0) is 27.4. The normalized spacial score (nSPS) is 21.7. The Hall–Kier alpha value is -3.39. The predicted octanol–water partition coefficient (Wildman–Crippen LogP) is 4.70. The number of amides is 2. The molecule has 8 nitrogen and oxygen atoms in total. The van der Waals surface area contributed by atoms with E-state index in [0.29, 0.717) is 24.8 Å². The second-order valence-corrected chi connectivity index (χ2v) is 11.3. The third kappa shape index (κ3) is 6.11. The number of nitrogens with one attached hydrogen (secondary N) is 3. The van der Waals surface area contributed by atoms with Crippen LogP contribution < -0.4 is 20.7 Å². The predicted molar refractivity (Wildman–Crippen MR) is 154 cm³/mol. The largest absolute Gasteiger partial charge is 0.494 e. The number of benzene rings is 2. The SMILES string of the molecule is CNCCCOc1ccc(-c2cc(C(=O)NCC3C(=O)NC(C)CC3C)c3cnn(C4CCCC4)c3c2)cc1. The lowest BCUT2D eigenvalue weighted by atomic mass is 9.84. The molecule has 0 radical (unpaired) electrons. The smallest absolute Gasteiger partial charge is 0.252 e. The molecule has 5 rings (SSSR count). The molecule has 1 saturated carbocycles. The molecule has 1 saturated heterocycles. The summed E-state index contributed by atoms with van der Waals surface area (Å²) >= 11 is 0. The summed E-state index contributed by atoms with van der Waals surface area (Å²) in [5.41, 5.74) is 3.56. The van der Waals surface area contributed by atoms with Gasteiger partial charge in [0.1, 0.15) is 5.75 Å². The molecule has 2 fully saturated rings. The van der Waals surface area contributed by atoms with E-state index in [1.807, 2.05) is 50.5 Å². The number of hydrogen-bond acceptors (Lipinski definition) is 5. The summed E-state index contributed by atoms with van der Waals surface area (Å²) in [6.45, 7) is 6.01. The number of hydrogen-bond donors (Lipinski definition) is 3. The third-order valence-electron chi connectivity index (χ3n) is 8.28. The van der Waals surface area contributed by atoms with Crippen LogP contribution in [-0.4, -0.2) is 54.4 Å². The van der Waals surface area contributed by atoms with E-state index in [1.165, 1.54) is 12.8 Å². The second kappa shape index (κ2) is 12.2.